The van der Waals surface area contributed by atoms with Gasteiger partial charge < -0.3 is 15.0 Å². The molecule has 1 aromatic carbocycles. The van der Waals surface area contributed by atoms with Crippen LogP contribution in [0.1, 0.15) is 48.9 Å². The molecule has 0 unspecified atom stereocenters. The first-order valence-electron chi connectivity index (χ1n) is 8.97. The Labute approximate surface area is 139 Å². The molecule has 23 heavy (non-hydrogen) atoms. The van der Waals surface area contributed by atoms with Gasteiger partial charge in [-0.15, -0.1) is 0 Å². The molecule has 2 aliphatic rings. The Bertz CT molecular complexity index is 526. The number of nitrogens with zero attached hydrogens (tertiary/aromatic N) is 1. The van der Waals surface area contributed by atoms with Gasteiger partial charge in [0.05, 0.1) is 11.7 Å². The van der Waals surface area contributed by atoms with Gasteiger partial charge in [-0.1, -0.05) is 18.6 Å². The lowest BCUT2D eigenvalue weighted by molar-refractivity contribution is 0.0776. The number of carbonyl (C=O) groups is 1. The van der Waals surface area contributed by atoms with Crippen molar-refractivity contribution in [2.75, 3.05) is 26.7 Å². The zero-order valence-electron chi connectivity index (χ0n) is 14.1. The van der Waals surface area contributed by atoms with E-state index >= 15 is 0 Å². The molecule has 0 spiro atoms. The Balaban J connectivity index is 1.68. The molecule has 4 nitrogen and oxygen atoms in total. The molecule has 1 amide bonds. The molecular formula is C19H28N2O2. The molecule has 2 fully saturated rings. The summed E-state index contributed by atoms with van der Waals surface area (Å²) in [6.45, 7) is 2.67. The standard InChI is InChI=1S/C19H28N2O2/c1-20-13-15-11-12-21(14-15)19(22)17-9-5-6-10-18(17)23-16-7-3-2-4-8-16/h5-6,9-10,15-16,20H,2-4,7-8,11-14H2,1H3/t15-/m0/s1. The molecular weight excluding hydrogens is 288 g/mol. The molecule has 3 rings (SSSR count). The second-order valence-corrected chi connectivity index (χ2v) is 6.84. The van der Waals surface area contributed by atoms with Gasteiger partial charge in [-0.3, -0.25) is 4.79 Å². The largest absolute Gasteiger partial charge is 0.490 e. The van der Waals surface area contributed by atoms with Crippen molar-refractivity contribution >= 4 is 5.91 Å². The van der Waals surface area contributed by atoms with Crippen LogP contribution >= 0.6 is 0 Å². The zero-order valence-corrected chi connectivity index (χ0v) is 14.1. The number of benzene rings is 1. The molecule has 1 N–H and O–H groups in total. The number of nitrogens with one attached hydrogen (secondary N) is 1. The van der Waals surface area contributed by atoms with E-state index in [1.54, 1.807) is 0 Å². The number of hydrogen-bond donors (Lipinski definition) is 1. The lowest BCUT2D eigenvalue weighted by Crippen LogP contribution is -2.31. The van der Waals surface area contributed by atoms with Crippen LogP contribution in [0.3, 0.4) is 0 Å². The van der Waals surface area contributed by atoms with E-state index in [9.17, 15) is 4.79 Å². The topological polar surface area (TPSA) is 41.6 Å². The van der Waals surface area contributed by atoms with E-state index in [0.29, 0.717) is 5.92 Å². The quantitative estimate of drug-likeness (QED) is 0.907. The number of ether oxygens (including phenoxy) is 1. The number of rotatable bonds is 5. The van der Waals surface area contributed by atoms with E-state index in [0.717, 1.165) is 50.2 Å². The van der Waals surface area contributed by atoms with Crippen molar-refractivity contribution in [3.05, 3.63) is 29.8 Å². The monoisotopic (exact) mass is 316 g/mol. The predicted molar refractivity (Wildman–Crippen MR) is 91.9 cm³/mol. The number of hydrogen-bond acceptors (Lipinski definition) is 3. The molecule has 1 heterocycles. The normalized spacial score (nSPS) is 22.3. The van der Waals surface area contributed by atoms with Gasteiger partial charge >= 0.3 is 0 Å². The summed E-state index contributed by atoms with van der Waals surface area (Å²) in [5, 5.41) is 3.21. The van der Waals surface area contributed by atoms with Crippen LogP contribution in [0, 0.1) is 5.92 Å². The highest BCUT2D eigenvalue weighted by atomic mass is 16.5. The van der Waals surface area contributed by atoms with Gasteiger partial charge in [0.15, 0.2) is 0 Å². The minimum absolute atomic E-state index is 0.120. The van der Waals surface area contributed by atoms with Gasteiger partial charge in [0.25, 0.3) is 5.91 Å². The van der Waals surface area contributed by atoms with Gasteiger partial charge in [-0.25, -0.2) is 0 Å². The molecule has 1 aliphatic carbocycles. The van der Waals surface area contributed by atoms with Gasteiger partial charge in [0.1, 0.15) is 5.75 Å². The summed E-state index contributed by atoms with van der Waals surface area (Å²) in [6.07, 6.45) is 7.34. The lowest BCUT2D eigenvalue weighted by Gasteiger charge is -2.25. The summed E-state index contributed by atoms with van der Waals surface area (Å²) in [5.74, 6) is 1.45. The van der Waals surface area contributed by atoms with Gasteiger partial charge in [-0.2, -0.15) is 0 Å². The second-order valence-electron chi connectivity index (χ2n) is 6.84. The number of likely N-dealkylation sites (tertiary alicyclic amines) is 1. The van der Waals surface area contributed by atoms with E-state index in [1.807, 2.05) is 36.2 Å². The third-order valence-electron chi connectivity index (χ3n) is 5.03. The third-order valence-corrected chi connectivity index (χ3v) is 5.03. The highest BCUT2D eigenvalue weighted by Crippen LogP contribution is 2.28. The zero-order chi connectivity index (χ0) is 16.1. The van der Waals surface area contributed by atoms with Crippen LogP contribution in [-0.2, 0) is 0 Å². The lowest BCUT2D eigenvalue weighted by atomic mass is 9.97. The summed E-state index contributed by atoms with van der Waals surface area (Å²) in [4.78, 5) is 14.9. The van der Waals surface area contributed by atoms with Crippen LogP contribution in [0.5, 0.6) is 5.75 Å². The fraction of sp³-hybridized carbons (Fsp3) is 0.632. The molecule has 0 bridgehead atoms. The molecule has 1 atom stereocenters. The van der Waals surface area contributed by atoms with Gasteiger partial charge in [-0.05, 0) is 63.7 Å². The van der Waals surface area contributed by atoms with Crippen LogP contribution in [0.25, 0.3) is 0 Å². The van der Waals surface area contributed by atoms with Crippen molar-refractivity contribution in [3.8, 4) is 5.75 Å². The van der Waals surface area contributed by atoms with Crippen molar-refractivity contribution in [3.63, 3.8) is 0 Å². The van der Waals surface area contributed by atoms with Crippen molar-refractivity contribution in [1.29, 1.82) is 0 Å². The van der Waals surface area contributed by atoms with Gasteiger partial charge in [0.2, 0.25) is 0 Å². The van der Waals surface area contributed by atoms with E-state index in [2.05, 4.69) is 5.32 Å². The Morgan fingerprint density at radius 2 is 2.00 bits per heavy atom. The Morgan fingerprint density at radius 1 is 1.22 bits per heavy atom. The first-order valence-corrected chi connectivity index (χ1v) is 8.97. The second kappa shape index (κ2) is 7.82. The highest BCUT2D eigenvalue weighted by molar-refractivity contribution is 5.97. The number of carbonyl (C=O) groups excluding carboxylic acids is 1. The van der Waals surface area contributed by atoms with Crippen LogP contribution in [0.4, 0.5) is 0 Å². The summed E-state index contributed by atoms with van der Waals surface area (Å²) in [7, 11) is 1.97. The maximum Gasteiger partial charge on any atom is 0.257 e. The van der Waals surface area contributed by atoms with Gasteiger partial charge in [0, 0.05) is 13.1 Å². The van der Waals surface area contributed by atoms with E-state index in [-0.39, 0.29) is 12.0 Å². The summed E-state index contributed by atoms with van der Waals surface area (Å²) in [5.41, 5.74) is 0.725. The summed E-state index contributed by atoms with van der Waals surface area (Å²) < 4.78 is 6.18. The smallest absolute Gasteiger partial charge is 0.257 e. The van der Waals surface area contributed by atoms with Crippen molar-refractivity contribution in [2.45, 2.75) is 44.6 Å². The highest BCUT2D eigenvalue weighted by Gasteiger charge is 2.28. The minimum atomic E-state index is 0.120. The Hall–Kier alpha value is -1.55. The molecule has 1 saturated carbocycles. The van der Waals surface area contributed by atoms with Crippen molar-refractivity contribution in [2.24, 2.45) is 5.92 Å². The van der Waals surface area contributed by atoms with E-state index in [4.69, 9.17) is 4.74 Å². The van der Waals surface area contributed by atoms with Crippen LogP contribution in [-0.4, -0.2) is 43.6 Å². The predicted octanol–water partition coefficient (Wildman–Crippen LogP) is 3.08. The molecule has 1 aromatic rings. The Morgan fingerprint density at radius 3 is 2.78 bits per heavy atom. The van der Waals surface area contributed by atoms with E-state index in [1.165, 1.54) is 19.3 Å². The molecule has 1 aliphatic heterocycles. The van der Waals surface area contributed by atoms with Crippen molar-refractivity contribution in [1.82, 2.24) is 10.2 Å². The van der Waals surface area contributed by atoms with Crippen LogP contribution in [0.15, 0.2) is 24.3 Å². The number of amides is 1. The average Bonchev–Trinajstić information content (AvgIpc) is 3.05. The van der Waals surface area contributed by atoms with Crippen molar-refractivity contribution < 1.29 is 9.53 Å². The maximum absolute atomic E-state index is 12.9. The molecule has 126 valence electrons. The first-order chi connectivity index (χ1) is 11.3. The minimum Gasteiger partial charge on any atom is -0.490 e. The fourth-order valence-electron chi connectivity index (χ4n) is 3.75. The van der Waals surface area contributed by atoms with Crippen LogP contribution in [0.2, 0.25) is 0 Å². The fourth-order valence-corrected chi connectivity index (χ4v) is 3.75. The molecule has 0 radical (unpaired) electrons. The average molecular weight is 316 g/mol. The van der Waals surface area contributed by atoms with E-state index < -0.39 is 0 Å². The molecule has 0 aromatic heterocycles. The first kappa shape index (κ1) is 16.3. The number of para-hydroxylation sites is 1. The molecule has 4 heteroatoms. The summed E-state index contributed by atoms with van der Waals surface area (Å²) in [6, 6.07) is 7.75. The maximum atomic E-state index is 12.9. The Kier molecular flexibility index (Phi) is 5.55. The summed E-state index contributed by atoms with van der Waals surface area (Å²) >= 11 is 0. The SMILES string of the molecule is CNC[C@@H]1CCN(C(=O)c2ccccc2OC2CCCCC2)C1. The third kappa shape index (κ3) is 4.05. The van der Waals surface area contributed by atoms with Crippen LogP contribution < -0.4 is 10.1 Å². The molecule has 1 saturated heterocycles.